The molecule has 4 rings (SSSR count). The van der Waals surface area contributed by atoms with E-state index in [2.05, 4.69) is 31.5 Å². The number of nitrogens with one attached hydrogen (secondary N) is 1. The van der Waals surface area contributed by atoms with Crippen molar-refractivity contribution >= 4 is 29.0 Å². The van der Waals surface area contributed by atoms with Crippen LogP contribution in [0.1, 0.15) is 49.6 Å². The van der Waals surface area contributed by atoms with E-state index in [4.69, 9.17) is 0 Å². The summed E-state index contributed by atoms with van der Waals surface area (Å²) in [5, 5.41) is 2.81. The molecule has 1 aliphatic rings. The van der Waals surface area contributed by atoms with Crippen LogP contribution in [0.4, 0.5) is 18.9 Å². The SMILES string of the molecule is CCN1CCN(C(=O)c2ccc(NC(=O)c3c(C)nsc3Cc3cnc(C(F)(F)F)cn3)cc2)CC1. The second-order valence-corrected chi connectivity index (χ2v) is 9.25. The van der Waals surface area contributed by atoms with Crippen molar-refractivity contribution in [2.24, 2.45) is 0 Å². The first-order valence-electron chi connectivity index (χ1n) is 11.4. The molecule has 0 unspecified atom stereocenters. The number of aryl methyl sites for hydroxylation is 1. The third kappa shape index (κ3) is 5.88. The van der Waals surface area contributed by atoms with Gasteiger partial charge < -0.3 is 15.1 Å². The van der Waals surface area contributed by atoms with Gasteiger partial charge in [-0.15, -0.1) is 0 Å². The van der Waals surface area contributed by atoms with Crippen LogP contribution in [-0.4, -0.2) is 68.7 Å². The Hall–Kier alpha value is -3.38. The highest BCUT2D eigenvalue weighted by atomic mass is 32.1. The summed E-state index contributed by atoms with van der Waals surface area (Å²) in [4.78, 5) is 37.7. The summed E-state index contributed by atoms with van der Waals surface area (Å²) in [5.74, 6) is -0.438. The number of aromatic nitrogens is 3. The average molecular weight is 519 g/mol. The van der Waals surface area contributed by atoms with E-state index in [-0.39, 0.29) is 12.3 Å². The molecule has 0 atom stereocenters. The normalized spacial score (nSPS) is 14.6. The zero-order chi connectivity index (χ0) is 25.9. The summed E-state index contributed by atoms with van der Waals surface area (Å²) in [7, 11) is 0. The van der Waals surface area contributed by atoms with E-state index in [1.54, 1.807) is 31.2 Å². The van der Waals surface area contributed by atoms with Crippen molar-refractivity contribution < 1.29 is 22.8 Å². The summed E-state index contributed by atoms with van der Waals surface area (Å²) in [5.41, 5.74) is 1.13. The Morgan fingerprint density at radius 2 is 1.75 bits per heavy atom. The Kier molecular flexibility index (Phi) is 7.65. The molecule has 1 saturated heterocycles. The number of anilines is 1. The Labute approximate surface area is 210 Å². The summed E-state index contributed by atoms with van der Waals surface area (Å²) in [6.07, 6.45) is -2.72. The van der Waals surface area contributed by atoms with Gasteiger partial charge in [0.25, 0.3) is 11.8 Å². The maximum atomic E-state index is 13.0. The highest BCUT2D eigenvalue weighted by Crippen LogP contribution is 2.27. The zero-order valence-corrected chi connectivity index (χ0v) is 20.6. The summed E-state index contributed by atoms with van der Waals surface area (Å²) >= 11 is 1.09. The van der Waals surface area contributed by atoms with Crippen LogP contribution in [0.2, 0.25) is 0 Å². The molecule has 8 nitrogen and oxygen atoms in total. The molecule has 1 aromatic carbocycles. The van der Waals surface area contributed by atoms with Gasteiger partial charge in [-0.05, 0) is 49.3 Å². The lowest BCUT2D eigenvalue weighted by atomic mass is 10.1. The maximum Gasteiger partial charge on any atom is 0.434 e. The van der Waals surface area contributed by atoms with Gasteiger partial charge in [-0.25, -0.2) is 4.98 Å². The number of piperazine rings is 1. The smallest absolute Gasteiger partial charge is 0.336 e. The summed E-state index contributed by atoms with van der Waals surface area (Å²) in [6, 6.07) is 6.70. The van der Waals surface area contributed by atoms with Crippen LogP contribution in [0.3, 0.4) is 0 Å². The number of hydrogen-bond acceptors (Lipinski definition) is 7. The van der Waals surface area contributed by atoms with Crippen molar-refractivity contribution in [2.45, 2.75) is 26.4 Å². The van der Waals surface area contributed by atoms with Crippen molar-refractivity contribution in [3.05, 3.63) is 69.7 Å². The van der Waals surface area contributed by atoms with Crippen molar-refractivity contribution in [2.75, 3.05) is 38.0 Å². The molecule has 0 radical (unpaired) electrons. The van der Waals surface area contributed by atoms with Gasteiger partial charge in [0, 0.05) is 54.9 Å². The number of hydrogen-bond donors (Lipinski definition) is 1. The number of alkyl halides is 3. The Bertz CT molecular complexity index is 1220. The van der Waals surface area contributed by atoms with E-state index >= 15 is 0 Å². The van der Waals surface area contributed by atoms with Crippen LogP contribution in [0, 0.1) is 6.92 Å². The third-order valence-electron chi connectivity index (χ3n) is 5.99. The van der Waals surface area contributed by atoms with Crippen LogP contribution in [0.5, 0.6) is 0 Å². The molecule has 0 saturated carbocycles. The third-order valence-corrected chi connectivity index (χ3v) is 6.93. The van der Waals surface area contributed by atoms with Gasteiger partial charge in [0.05, 0.1) is 23.1 Å². The van der Waals surface area contributed by atoms with Crippen molar-refractivity contribution in [3.63, 3.8) is 0 Å². The average Bonchev–Trinajstić information content (AvgIpc) is 3.23. The van der Waals surface area contributed by atoms with Crippen LogP contribution < -0.4 is 5.32 Å². The first kappa shape index (κ1) is 25.7. The number of carbonyl (C=O) groups excluding carboxylic acids is 2. The Morgan fingerprint density at radius 3 is 2.33 bits per heavy atom. The Balaban J connectivity index is 1.41. The molecule has 1 N–H and O–H groups in total. The molecule has 2 amide bonds. The number of halogens is 3. The van der Waals surface area contributed by atoms with Crippen molar-refractivity contribution in [1.82, 2.24) is 24.1 Å². The first-order valence-corrected chi connectivity index (χ1v) is 12.2. The fourth-order valence-corrected chi connectivity index (χ4v) is 4.81. The number of rotatable bonds is 6. The number of likely N-dealkylation sites (N-methyl/N-ethyl adjacent to an activating group) is 1. The standard InChI is InChI=1S/C24H25F3N6O2S/c1-3-32-8-10-33(11-9-32)23(35)16-4-6-17(7-5-16)30-22(34)21-15(2)31-36-19(21)12-18-13-29-20(14-28-18)24(25,26)27/h4-7,13-14H,3,8-12H2,1-2H3,(H,30,34). The van der Waals surface area contributed by atoms with E-state index in [1.165, 1.54) is 0 Å². The molecule has 36 heavy (non-hydrogen) atoms. The van der Waals surface area contributed by atoms with Gasteiger partial charge in [-0.3, -0.25) is 14.6 Å². The summed E-state index contributed by atoms with van der Waals surface area (Å²) < 4.78 is 42.4. The number of carbonyl (C=O) groups is 2. The zero-order valence-electron chi connectivity index (χ0n) is 19.8. The molecule has 12 heteroatoms. The van der Waals surface area contributed by atoms with Crippen LogP contribution in [0.15, 0.2) is 36.7 Å². The second-order valence-electron chi connectivity index (χ2n) is 8.39. The number of amides is 2. The van der Waals surface area contributed by atoms with Gasteiger partial charge in [-0.2, -0.15) is 17.5 Å². The molecule has 0 bridgehead atoms. The monoisotopic (exact) mass is 518 g/mol. The highest BCUT2D eigenvalue weighted by molar-refractivity contribution is 7.06. The molecule has 190 valence electrons. The van der Waals surface area contributed by atoms with Crippen LogP contribution >= 0.6 is 11.5 Å². The fraction of sp³-hybridized carbons (Fsp3) is 0.375. The van der Waals surface area contributed by atoms with Crippen LogP contribution in [0.25, 0.3) is 0 Å². The van der Waals surface area contributed by atoms with Gasteiger partial charge in [0.2, 0.25) is 0 Å². The largest absolute Gasteiger partial charge is 0.434 e. The topological polar surface area (TPSA) is 91.3 Å². The lowest BCUT2D eigenvalue weighted by molar-refractivity contribution is -0.141. The molecule has 0 aliphatic carbocycles. The summed E-state index contributed by atoms with van der Waals surface area (Å²) in [6.45, 7) is 7.82. The van der Waals surface area contributed by atoms with Gasteiger partial charge in [0.1, 0.15) is 0 Å². The van der Waals surface area contributed by atoms with Crippen molar-refractivity contribution in [1.29, 1.82) is 0 Å². The lowest BCUT2D eigenvalue weighted by Gasteiger charge is -2.34. The quantitative estimate of drug-likeness (QED) is 0.533. The van der Waals surface area contributed by atoms with E-state index < -0.39 is 17.8 Å². The maximum absolute atomic E-state index is 13.0. The van der Waals surface area contributed by atoms with E-state index in [9.17, 15) is 22.8 Å². The first-order chi connectivity index (χ1) is 17.2. The molecule has 1 fully saturated rings. The van der Waals surface area contributed by atoms with Crippen molar-refractivity contribution in [3.8, 4) is 0 Å². The number of benzene rings is 1. The fourth-order valence-electron chi connectivity index (χ4n) is 3.92. The molecule has 3 aromatic rings. The molecule has 3 heterocycles. The minimum atomic E-state index is -4.57. The van der Waals surface area contributed by atoms with E-state index in [1.807, 2.05) is 4.90 Å². The number of nitrogens with zero attached hydrogens (tertiary/aromatic N) is 5. The predicted molar refractivity (Wildman–Crippen MR) is 129 cm³/mol. The molecule has 1 aliphatic heterocycles. The molecule has 0 spiro atoms. The van der Waals surface area contributed by atoms with E-state index in [0.29, 0.717) is 52.4 Å². The minimum absolute atomic E-state index is 0.0403. The lowest BCUT2D eigenvalue weighted by Crippen LogP contribution is -2.48. The van der Waals surface area contributed by atoms with E-state index in [0.717, 1.165) is 37.4 Å². The molecular formula is C24H25F3N6O2S. The van der Waals surface area contributed by atoms with Gasteiger partial charge in [0.15, 0.2) is 5.69 Å². The minimum Gasteiger partial charge on any atom is -0.336 e. The second kappa shape index (κ2) is 10.7. The van der Waals surface area contributed by atoms with Gasteiger partial charge in [-0.1, -0.05) is 6.92 Å². The molecule has 2 aromatic heterocycles. The Morgan fingerprint density at radius 1 is 1.06 bits per heavy atom. The predicted octanol–water partition coefficient (Wildman–Crippen LogP) is 3.88. The highest BCUT2D eigenvalue weighted by Gasteiger charge is 2.33. The van der Waals surface area contributed by atoms with Gasteiger partial charge >= 0.3 is 6.18 Å². The van der Waals surface area contributed by atoms with Crippen LogP contribution in [-0.2, 0) is 12.6 Å². The molecular weight excluding hydrogens is 493 g/mol.